The maximum Gasteiger partial charge on any atom is 0.354 e. The normalized spacial score (nSPS) is 13.5. The van der Waals surface area contributed by atoms with Gasteiger partial charge in [0.1, 0.15) is 6.54 Å². The number of nitrogens with zero attached hydrogens (tertiary/aromatic N) is 3. The zero-order chi connectivity index (χ0) is 14.1. The number of fused-ring (bicyclic) bond motifs is 1. The summed E-state index contributed by atoms with van der Waals surface area (Å²) in [5.41, 5.74) is 0.453. The lowest BCUT2D eigenvalue weighted by atomic mass is 10.1. The van der Waals surface area contributed by atoms with Gasteiger partial charge in [-0.1, -0.05) is 17.2 Å². The summed E-state index contributed by atoms with van der Waals surface area (Å²) >= 11 is 0. The van der Waals surface area contributed by atoms with Crippen LogP contribution in [0.5, 0.6) is 0 Å². The van der Waals surface area contributed by atoms with Crippen LogP contribution in [0.25, 0.3) is 0 Å². The maximum atomic E-state index is 12.0. The number of benzene rings is 1. The molecule has 0 bridgehead atoms. The molecule has 0 N–H and O–H groups in total. The number of hydroxylamine groups is 2. The number of aromatic nitrogens is 2. The molecule has 0 spiro atoms. The fraction of sp³-hybridized carbons (Fsp3) is 0.0769. The van der Waals surface area contributed by atoms with Gasteiger partial charge in [-0.2, -0.15) is 5.10 Å². The van der Waals surface area contributed by atoms with Crippen molar-refractivity contribution < 1.29 is 19.2 Å². The van der Waals surface area contributed by atoms with Crippen molar-refractivity contribution >= 4 is 17.8 Å². The molecule has 0 fully saturated rings. The average molecular weight is 271 g/mol. The van der Waals surface area contributed by atoms with Crippen LogP contribution in [0.2, 0.25) is 0 Å². The van der Waals surface area contributed by atoms with E-state index in [1.807, 2.05) is 0 Å². The number of hydrogen-bond donors (Lipinski definition) is 0. The van der Waals surface area contributed by atoms with Gasteiger partial charge in [-0.15, -0.1) is 0 Å². The van der Waals surface area contributed by atoms with Crippen molar-refractivity contribution in [3.8, 4) is 0 Å². The summed E-state index contributed by atoms with van der Waals surface area (Å²) in [5.74, 6) is -2.03. The third kappa shape index (κ3) is 1.95. The lowest BCUT2D eigenvalue weighted by molar-refractivity contribution is -0.169. The molecule has 1 aromatic carbocycles. The first kappa shape index (κ1) is 12.1. The number of imide groups is 1. The second kappa shape index (κ2) is 4.61. The summed E-state index contributed by atoms with van der Waals surface area (Å²) in [6.07, 6.45) is 3.08. The first-order valence-corrected chi connectivity index (χ1v) is 5.83. The van der Waals surface area contributed by atoms with Gasteiger partial charge in [-0.25, -0.2) is 4.79 Å². The number of hydrogen-bond acceptors (Lipinski definition) is 5. The van der Waals surface area contributed by atoms with Crippen LogP contribution in [0, 0.1) is 0 Å². The fourth-order valence-corrected chi connectivity index (χ4v) is 1.91. The van der Waals surface area contributed by atoms with Gasteiger partial charge in [-0.3, -0.25) is 14.3 Å². The summed E-state index contributed by atoms with van der Waals surface area (Å²) in [5, 5.41) is 4.32. The monoisotopic (exact) mass is 271 g/mol. The Balaban J connectivity index is 1.75. The second-order valence-electron chi connectivity index (χ2n) is 4.12. The molecular formula is C13H9N3O4. The van der Waals surface area contributed by atoms with Crippen LogP contribution in [-0.2, 0) is 16.2 Å². The Hall–Kier alpha value is -2.96. The smallest absolute Gasteiger partial charge is 0.328 e. The molecule has 2 aromatic rings. The van der Waals surface area contributed by atoms with Gasteiger partial charge in [0.05, 0.1) is 11.1 Å². The van der Waals surface area contributed by atoms with Gasteiger partial charge in [0.15, 0.2) is 0 Å². The summed E-state index contributed by atoms with van der Waals surface area (Å²) in [6, 6.07) is 7.95. The van der Waals surface area contributed by atoms with E-state index in [1.54, 1.807) is 24.4 Å². The second-order valence-corrected chi connectivity index (χ2v) is 4.12. The van der Waals surface area contributed by atoms with Gasteiger partial charge >= 0.3 is 5.97 Å². The van der Waals surface area contributed by atoms with Gasteiger partial charge in [0.25, 0.3) is 11.8 Å². The topological polar surface area (TPSA) is 81.5 Å². The first-order chi connectivity index (χ1) is 9.66. The molecule has 0 radical (unpaired) electrons. The van der Waals surface area contributed by atoms with E-state index in [9.17, 15) is 14.4 Å². The molecule has 100 valence electrons. The van der Waals surface area contributed by atoms with E-state index in [4.69, 9.17) is 4.84 Å². The molecule has 2 heterocycles. The zero-order valence-corrected chi connectivity index (χ0v) is 10.2. The van der Waals surface area contributed by atoms with Crippen LogP contribution >= 0.6 is 0 Å². The quantitative estimate of drug-likeness (QED) is 0.765. The largest absolute Gasteiger partial charge is 0.354 e. The predicted molar refractivity (Wildman–Crippen MR) is 65.3 cm³/mol. The van der Waals surface area contributed by atoms with E-state index < -0.39 is 17.8 Å². The van der Waals surface area contributed by atoms with Crippen LogP contribution in [0.4, 0.5) is 0 Å². The molecular weight excluding hydrogens is 262 g/mol. The fourth-order valence-electron chi connectivity index (χ4n) is 1.91. The number of carbonyl (C=O) groups excluding carboxylic acids is 3. The molecule has 7 nitrogen and oxygen atoms in total. The third-order valence-electron chi connectivity index (χ3n) is 2.80. The van der Waals surface area contributed by atoms with Gasteiger partial charge < -0.3 is 4.84 Å². The Labute approximate surface area is 113 Å². The Morgan fingerprint density at radius 1 is 1.10 bits per heavy atom. The highest BCUT2D eigenvalue weighted by atomic mass is 16.7. The molecule has 2 amide bonds. The molecule has 1 aliphatic heterocycles. The average Bonchev–Trinajstić information content (AvgIpc) is 3.03. The minimum absolute atomic E-state index is 0.180. The van der Waals surface area contributed by atoms with Crippen molar-refractivity contribution in [2.45, 2.75) is 6.54 Å². The Morgan fingerprint density at radius 3 is 2.30 bits per heavy atom. The van der Waals surface area contributed by atoms with E-state index in [1.165, 1.54) is 23.0 Å². The van der Waals surface area contributed by atoms with Crippen LogP contribution in [-0.4, -0.2) is 32.6 Å². The lowest BCUT2D eigenvalue weighted by Gasteiger charge is -2.12. The minimum Gasteiger partial charge on any atom is -0.328 e. The minimum atomic E-state index is -0.747. The molecule has 0 atom stereocenters. The van der Waals surface area contributed by atoms with Gasteiger partial charge in [0.2, 0.25) is 0 Å². The van der Waals surface area contributed by atoms with E-state index in [0.717, 1.165) is 0 Å². The molecule has 0 unspecified atom stereocenters. The molecule has 20 heavy (non-hydrogen) atoms. The summed E-state index contributed by atoms with van der Waals surface area (Å²) < 4.78 is 1.33. The van der Waals surface area contributed by atoms with Crippen LogP contribution in [0.15, 0.2) is 42.7 Å². The highest BCUT2D eigenvalue weighted by Crippen LogP contribution is 2.22. The van der Waals surface area contributed by atoms with Crippen molar-refractivity contribution in [2.75, 3.05) is 0 Å². The number of carbonyl (C=O) groups is 3. The third-order valence-corrected chi connectivity index (χ3v) is 2.80. The lowest BCUT2D eigenvalue weighted by Crippen LogP contribution is -2.34. The van der Waals surface area contributed by atoms with Gasteiger partial charge in [-0.05, 0) is 18.2 Å². The van der Waals surface area contributed by atoms with Crippen LogP contribution in [0.3, 0.4) is 0 Å². The van der Waals surface area contributed by atoms with E-state index in [0.29, 0.717) is 5.06 Å². The Morgan fingerprint density at radius 2 is 1.75 bits per heavy atom. The Bertz CT molecular complexity index is 658. The standard InChI is InChI=1S/C13H9N3O4/c17-11(8-15-7-3-6-14-15)20-16-12(18)9-4-1-2-5-10(9)13(16)19/h1-7H,8H2. The summed E-state index contributed by atoms with van der Waals surface area (Å²) in [7, 11) is 0. The van der Waals surface area contributed by atoms with Crippen LogP contribution in [0.1, 0.15) is 20.7 Å². The molecule has 0 aliphatic carbocycles. The SMILES string of the molecule is O=C(Cn1cccn1)ON1C(=O)c2ccccc2C1=O. The Kier molecular flexibility index (Phi) is 2.79. The molecule has 0 saturated heterocycles. The highest BCUT2D eigenvalue weighted by molar-refractivity contribution is 6.20. The van der Waals surface area contributed by atoms with Crippen LogP contribution < -0.4 is 0 Å². The van der Waals surface area contributed by atoms with E-state index in [-0.39, 0.29) is 17.7 Å². The molecule has 0 saturated carbocycles. The van der Waals surface area contributed by atoms with Crippen molar-refractivity contribution in [3.05, 3.63) is 53.9 Å². The van der Waals surface area contributed by atoms with Gasteiger partial charge in [0, 0.05) is 12.4 Å². The molecule has 1 aliphatic rings. The zero-order valence-electron chi connectivity index (χ0n) is 10.2. The molecule has 1 aromatic heterocycles. The predicted octanol–water partition coefficient (Wildman–Crippen LogP) is 0.638. The molecule has 3 rings (SSSR count). The summed E-state index contributed by atoms with van der Waals surface area (Å²) in [6.45, 7) is -0.180. The van der Waals surface area contributed by atoms with Crippen molar-refractivity contribution in [1.29, 1.82) is 0 Å². The highest BCUT2D eigenvalue weighted by Gasteiger charge is 2.38. The van der Waals surface area contributed by atoms with E-state index in [2.05, 4.69) is 5.10 Å². The van der Waals surface area contributed by atoms with E-state index >= 15 is 0 Å². The van der Waals surface area contributed by atoms with Crippen molar-refractivity contribution in [3.63, 3.8) is 0 Å². The number of amides is 2. The first-order valence-electron chi connectivity index (χ1n) is 5.83. The number of rotatable bonds is 3. The molecule has 7 heteroatoms. The summed E-state index contributed by atoms with van der Waals surface area (Å²) in [4.78, 5) is 40.4. The van der Waals surface area contributed by atoms with Crippen molar-refractivity contribution in [2.24, 2.45) is 0 Å². The maximum absolute atomic E-state index is 12.0. The van der Waals surface area contributed by atoms with Crippen molar-refractivity contribution in [1.82, 2.24) is 14.8 Å².